The highest BCUT2D eigenvalue weighted by atomic mass is 16.5. The second-order valence-corrected chi connectivity index (χ2v) is 2.28. The Hall–Kier alpha value is -0.610. The standard InChI is InChI=1S/C6H11NO3/c8-6(9)5-2-1-3-7-4-10-5/h5,7H,1-4H2,(H,8,9). The molecular weight excluding hydrogens is 134 g/mol. The Balaban J connectivity index is 2.35. The van der Waals surface area contributed by atoms with Crippen molar-refractivity contribution in [3.05, 3.63) is 0 Å². The summed E-state index contributed by atoms with van der Waals surface area (Å²) in [4.78, 5) is 10.4. The highest BCUT2D eigenvalue weighted by Gasteiger charge is 2.18. The molecule has 10 heavy (non-hydrogen) atoms. The van der Waals surface area contributed by atoms with E-state index in [4.69, 9.17) is 9.84 Å². The average molecular weight is 145 g/mol. The van der Waals surface area contributed by atoms with Crippen LogP contribution in [-0.2, 0) is 9.53 Å². The molecular formula is C6H11NO3. The first-order valence-electron chi connectivity index (χ1n) is 3.36. The van der Waals surface area contributed by atoms with Gasteiger partial charge in [0.25, 0.3) is 0 Å². The zero-order chi connectivity index (χ0) is 7.40. The molecule has 1 unspecified atom stereocenters. The van der Waals surface area contributed by atoms with Gasteiger partial charge in [-0.15, -0.1) is 0 Å². The summed E-state index contributed by atoms with van der Waals surface area (Å²) in [5.41, 5.74) is 0. The third kappa shape index (κ3) is 1.97. The van der Waals surface area contributed by atoms with E-state index in [-0.39, 0.29) is 0 Å². The smallest absolute Gasteiger partial charge is 0.332 e. The number of rotatable bonds is 1. The van der Waals surface area contributed by atoms with E-state index in [0.29, 0.717) is 13.2 Å². The predicted molar refractivity (Wildman–Crippen MR) is 34.6 cm³/mol. The molecule has 4 heteroatoms. The predicted octanol–water partition coefficient (Wildman–Crippen LogP) is -0.203. The fourth-order valence-electron chi connectivity index (χ4n) is 0.922. The van der Waals surface area contributed by atoms with Crippen molar-refractivity contribution >= 4 is 5.97 Å². The second-order valence-electron chi connectivity index (χ2n) is 2.28. The summed E-state index contributed by atoms with van der Waals surface area (Å²) in [6.07, 6.45) is 0.884. The van der Waals surface area contributed by atoms with Gasteiger partial charge in [0.05, 0.1) is 6.73 Å². The van der Waals surface area contributed by atoms with Crippen LogP contribution in [0.5, 0.6) is 0 Å². The van der Waals surface area contributed by atoms with E-state index >= 15 is 0 Å². The minimum absolute atomic E-state index is 0.358. The van der Waals surface area contributed by atoms with Crippen LogP contribution in [0.25, 0.3) is 0 Å². The first-order chi connectivity index (χ1) is 4.80. The monoisotopic (exact) mass is 145 g/mol. The van der Waals surface area contributed by atoms with Crippen molar-refractivity contribution in [1.29, 1.82) is 0 Å². The maximum atomic E-state index is 10.4. The number of hydrogen-bond donors (Lipinski definition) is 2. The van der Waals surface area contributed by atoms with Crippen LogP contribution in [0.1, 0.15) is 12.8 Å². The Morgan fingerprint density at radius 3 is 3.20 bits per heavy atom. The molecule has 0 amide bonds. The van der Waals surface area contributed by atoms with Crippen LogP contribution in [0, 0.1) is 0 Å². The van der Waals surface area contributed by atoms with Crippen LogP contribution in [0.2, 0.25) is 0 Å². The van der Waals surface area contributed by atoms with E-state index in [1.807, 2.05) is 0 Å². The number of ether oxygens (including phenoxy) is 1. The maximum absolute atomic E-state index is 10.4. The van der Waals surface area contributed by atoms with Gasteiger partial charge in [-0.25, -0.2) is 4.79 Å². The number of nitrogens with one attached hydrogen (secondary N) is 1. The van der Waals surface area contributed by atoms with Crippen LogP contribution in [-0.4, -0.2) is 30.5 Å². The first kappa shape index (κ1) is 7.50. The molecule has 0 spiro atoms. The topological polar surface area (TPSA) is 58.6 Å². The summed E-state index contributed by atoms with van der Waals surface area (Å²) in [5.74, 6) is -0.858. The fraction of sp³-hybridized carbons (Fsp3) is 0.833. The molecule has 2 N–H and O–H groups in total. The van der Waals surface area contributed by atoms with Gasteiger partial charge in [0, 0.05) is 0 Å². The number of hydrogen-bond acceptors (Lipinski definition) is 3. The fourth-order valence-corrected chi connectivity index (χ4v) is 0.922. The normalized spacial score (nSPS) is 27.4. The SMILES string of the molecule is O=C(O)C1CCCNCO1. The van der Waals surface area contributed by atoms with Crippen molar-refractivity contribution in [2.75, 3.05) is 13.3 Å². The Morgan fingerprint density at radius 1 is 1.70 bits per heavy atom. The van der Waals surface area contributed by atoms with Gasteiger partial charge in [-0.2, -0.15) is 0 Å². The number of aliphatic carboxylic acids is 1. The van der Waals surface area contributed by atoms with E-state index in [1.54, 1.807) is 0 Å². The van der Waals surface area contributed by atoms with Crippen molar-refractivity contribution in [2.45, 2.75) is 18.9 Å². The Morgan fingerprint density at radius 2 is 2.50 bits per heavy atom. The van der Waals surface area contributed by atoms with E-state index in [2.05, 4.69) is 5.32 Å². The molecule has 1 atom stereocenters. The van der Waals surface area contributed by atoms with Crippen LogP contribution in [0.3, 0.4) is 0 Å². The molecule has 1 aliphatic heterocycles. The highest BCUT2D eigenvalue weighted by Crippen LogP contribution is 2.04. The average Bonchev–Trinajstić information content (AvgIpc) is 2.12. The molecule has 0 saturated carbocycles. The molecule has 0 aliphatic carbocycles. The zero-order valence-electron chi connectivity index (χ0n) is 5.67. The van der Waals surface area contributed by atoms with Gasteiger partial charge < -0.3 is 9.84 Å². The molecule has 58 valence electrons. The summed E-state index contributed by atoms with van der Waals surface area (Å²) in [5, 5.41) is 11.5. The summed E-state index contributed by atoms with van der Waals surface area (Å²) in [6.45, 7) is 1.21. The van der Waals surface area contributed by atoms with Crippen molar-refractivity contribution in [2.24, 2.45) is 0 Å². The second kappa shape index (κ2) is 3.53. The van der Waals surface area contributed by atoms with Crippen LogP contribution < -0.4 is 5.32 Å². The molecule has 0 aromatic carbocycles. The highest BCUT2D eigenvalue weighted by molar-refractivity contribution is 5.72. The Kier molecular flexibility index (Phi) is 2.65. The van der Waals surface area contributed by atoms with E-state index in [0.717, 1.165) is 13.0 Å². The third-order valence-corrected chi connectivity index (χ3v) is 1.48. The lowest BCUT2D eigenvalue weighted by atomic mass is 10.2. The lowest BCUT2D eigenvalue weighted by Crippen LogP contribution is -2.24. The number of carbonyl (C=O) groups is 1. The molecule has 0 radical (unpaired) electrons. The van der Waals surface area contributed by atoms with Gasteiger partial charge in [-0.05, 0) is 19.4 Å². The molecule has 0 aromatic heterocycles. The minimum Gasteiger partial charge on any atom is -0.479 e. The van der Waals surface area contributed by atoms with Gasteiger partial charge >= 0.3 is 5.97 Å². The minimum atomic E-state index is -0.858. The zero-order valence-corrected chi connectivity index (χ0v) is 5.67. The van der Waals surface area contributed by atoms with Crippen molar-refractivity contribution in [1.82, 2.24) is 5.32 Å². The van der Waals surface area contributed by atoms with Crippen LogP contribution >= 0.6 is 0 Å². The maximum Gasteiger partial charge on any atom is 0.332 e. The first-order valence-corrected chi connectivity index (χ1v) is 3.36. The van der Waals surface area contributed by atoms with Gasteiger partial charge in [-0.3, -0.25) is 5.32 Å². The number of carboxylic acids is 1. The largest absolute Gasteiger partial charge is 0.479 e. The molecule has 1 rings (SSSR count). The van der Waals surface area contributed by atoms with E-state index in [1.165, 1.54) is 0 Å². The molecule has 4 nitrogen and oxygen atoms in total. The third-order valence-electron chi connectivity index (χ3n) is 1.48. The lowest BCUT2D eigenvalue weighted by molar-refractivity contribution is -0.150. The van der Waals surface area contributed by atoms with Gasteiger partial charge in [-0.1, -0.05) is 0 Å². The lowest BCUT2D eigenvalue weighted by Gasteiger charge is -2.07. The van der Waals surface area contributed by atoms with E-state index < -0.39 is 12.1 Å². The molecule has 1 aliphatic rings. The molecule has 1 fully saturated rings. The van der Waals surface area contributed by atoms with Crippen LogP contribution in [0.4, 0.5) is 0 Å². The molecule has 0 aromatic rings. The van der Waals surface area contributed by atoms with Crippen molar-refractivity contribution < 1.29 is 14.6 Å². The molecule has 1 heterocycles. The van der Waals surface area contributed by atoms with E-state index in [9.17, 15) is 4.79 Å². The Bertz CT molecular complexity index is 118. The molecule has 1 saturated heterocycles. The Labute approximate surface area is 59.2 Å². The van der Waals surface area contributed by atoms with Crippen molar-refractivity contribution in [3.8, 4) is 0 Å². The summed E-state index contributed by atoms with van der Waals surface area (Å²) < 4.78 is 4.95. The molecule has 0 bridgehead atoms. The summed E-state index contributed by atoms with van der Waals surface area (Å²) >= 11 is 0. The quantitative estimate of drug-likeness (QED) is 0.536. The van der Waals surface area contributed by atoms with Gasteiger partial charge in [0.1, 0.15) is 0 Å². The van der Waals surface area contributed by atoms with Crippen LogP contribution in [0.15, 0.2) is 0 Å². The van der Waals surface area contributed by atoms with Gasteiger partial charge in [0.15, 0.2) is 6.10 Å². The van der Waals surface area contributed by atoms with Gasteiger partial charge in [0.2, 0.25) is 0 Å². The summed E-state index contributed by atoms with van der Waals surface area (Å²) in [6, 6.07) is 0. The number of carboxylic acid groups (broad SMARTS) is 1. The summed E-state index contributed by atoms with van der Waals surface area (Å²) in [7, 11) is 0. The van der Waals surface area contributed by atoms with Crippen molar-refractivity contribution in [3.63, 3.8) is 0 Å².